The van der Waals surface area contributed by atoms with Gasteiger partial charge in [-0.15, -0.1) is 0 Å². The third-order valence-corrected chi connectivity index (χ3v) is 4.13. The number of rotatable bonds is 7. The summed E-state index contributed by atoms with van der Waals surface area (Å²) in [6, 6.07) is 3.30. The Kier molecular flexibility index (Phi) is 6.90. The van der Waals surface area contributed by atoms with Crippen molar-refractivity contribution in [2.45, 2.75) is 38.8 Å². The van der Waals surface area contributed by atoms with Gasteiger partial charge in [0.05, 0.1) is 18.6 Å². The molecule has 1 aromatic rings. The van der Waals surface area contributed by atoms with Gasteiger partial charge in [-0.3, -0.25) is 14.6 Å². The molecule has 0 unspecified atom stereocenters. The highest BCUT2D eigenvalue weighted by molar-refractivity contribution is 5.90. The number of hydrogen-bond acceptors (Lipinski definition) is 6. The predicted octanol–water partition coefficient (Wildman–Crippen LogP) is 1.08. The third-order valence-electron chi connectivity index (χ3n) is 4.13. The minimum Gasteiger partial charge on any atom is -0.458 e. The number of hydrogen-bond donors (Lipinski definition) is 1. The van der Waals surface area contributed by atoms with E-state index in [1.807, 2.05) is 6.07 Å². The summed E-state index contributed by atoms with van der Waals surface area (Å²) in [6.45, 7) is 5.60. The standard InChI is InChI=1S/C19H27N3O5/c1-19(2,3)27-16(24)12-26-9-8-21-18(25)14-10-15(23)22(4)17(14)13-6-5-7-20-11-13/h5-7,11,14,17H,8-10,12H2,1-4H3,(H,21,25)/t14-,17+/m0/s1. The zero-order valence-corrected chi connectivity index (χ0v) is 16.2. The van der Waals surface area contributed by atoms with Crippen LogP contribution in [0.3, 0.4) is 0 Å². The number of esters is 1. The molecule has 1 saturated heterocycles. The molecule has 1 N–H and O–H groups in total. The normalized spacial score (nSPS) is 19.9. The van der Waals surface area contributed by atoms with Crippen LogP contribution < -0.4 is 5.32 Å². The fourth-order valence-electron chi connectivity index (χ4n) is 3.02. The maximum absolute atomic E-state index is 12.5. The Labute approximate surface area is 159 Å². The summed E-state index contributed by atoms with van der Waals surface area (Å²) in [7, 11) is 1.69. The Bertz CT molecular complexity index is 672. The molecule has 0 radical (unpaired) electrons. The molecule has 1 fully saturated rings. The summed E-state index contributed by atoms with van der Waals surface area (Å²) in [6.07, 6.45) is 3.47. The molecule has 0 bridgehead atoms. The van der Waals surface area contributed by atoms with Gasteiger partial charge in [0.15, 0.2) is 0 Å². The van der Waals surface area contributed by atoms with Crippen LogP contribution in [0, 0.1) is 5.92 Å². The Morgan fingerprint density at radius 2 is 2.11 bits per heavy atom. The molecule has 1 aliphatic heterocycles. The highest BCUT2D eigenvalue weighted by Gasteiger charge is 2.42. The summed E-state index contributed by atoms with van der Waals surface area (Å²) in [4.78, 5) is 41.8. The van der Waals surface area contributed by atoms with E-state index < -0.39 is 17.5 Å². The van der Waals surface area contributed by atoms with Crippen LogP contribution in [0.5, 0.6) is 0 Å². The second kappa shape index (κ2) is 8.94. The summed E-state index contributed by atoms with van der Waals surface area (Å²) in [5.74, 6) is -1.24. The lowest BCUT2D eigenvalue weighted by atomic mass is 9.94. The molecule has 8 nitrogen and oxygen atoms in total. The van der Waals surface area contributed by atoms with Gasteiger partial charge in [-0.05, 0) is 32.4 Å². The van der Waals surface area contributed by atoms with Crippen molar-refractivity contribution in [3.05, 3.63) is 30.1 Å². The van der Waals surface area contributed by atoms with Crippen molar-refractivity contribution in [3.63, 3.8) is 0 Å². The lowest BCUT2D eigenvalue weighted by Crippen LogP contribution is -2.36. The van der Waals surface area contributed by atoms with Crippen molar-refractivity contribution < 1.29 is 23.9 Å². The van der Waals surface area contributed by atoms with Crippen LogP contribution >= 0.6 is 0 Å². The van der Waals surface area contributed by atoms with Crippen LogP contribution in [0.2, 0.25) is 0 Å². The summed E-state index contributed by atoms with van der Waals surface area (Å²) in [5, 5.41) is 2.77. The lowest BCUT2D eigenvalue weighted by Gasteiger charge is -2.24. The van der Waals surface area contributed by atoms with E-state index in [0.29, 0.717) is 0 Å². The van der Waals surface area contributed by atoms with Gasteiger partial charge in [-0.25, -0.2) is 4.79 Å². The average molecular weight is 377 g/mol. The zero-order chi connectivity index (χ0) is 20.0. The van der Waals surface area contributed by atoms with E-state index in [4.69, 9.17) is 9.47 Å². The molecule has 0 saturated carbocycles. The van der Waals surface area contributed by atoms with Crippen molar-refractivity contribution in [2.24, 2.45) is 5.92 Å². The van der Waals surface area contributed by atoms with Crippen LogP contribution in [-0.2, 0) is 23.9 Å². The van der Waals surface area contributed by atoms with Gasteiger partial charge in [0.1, 0.15) is 12.2 Å². The number of pyridine rings is 1. The Balaban J connectivity index is 1.81. The monoisotopic (exact) mass is 377 g/mol. The molecule has 0 aromatic carbocycles. The van der Waals surface area contributed by atoms with E-state index in [9.17, 15) is 14.4 Å². The number of ether oxygens (including phenoxy) is 2. The number of amides is 2. The highest BCUT2D eigenvalue weighted by atomic mass is 16.6. The lowest BCUT2D eigenvalue weighted by molar-refractivity contribution is -0.160. The molecule has 27 heavy (non-hydrogen) atoms. The van der Waals surface area contributed by atoms with E-state index >= 15 is 0 Å². The van der Waals surface area contributed by atoms with E-state index in [1.165, 1.54) is 0 Å². The van der Waals surface area contributed by atoms with E-state index in [-0.39, 0.29) is 44.0 Å². The fourth-order valence-corrected chi connectivity index (χ4v) is 3.02. The Morgan fingerprint density at radius 1 is 1.37 bits per heavy atom. The second-order valence-corrected chi connectivity index (χ2v) is 7.48. The molecule has 0 aliphatic carbocycles. The maximum atomic E-state index is 12.5. The summed E-state index contributed by atoms with van der Waals surface area (Å²) >= 11 is 0. The molecule has 148 valence electrons. The van der Waals surface area contributed by atoms with Gasteiger partial charge in [0.25, 0.3) is 0 Å². The summed E-state index contributed by atoms with van der Waals surface area (Å²) < 4.78 is 10.4. The quantitative estimate of drug-likeness (QED) is 0.564. The van der Waals surface area contributed by atoms with Crippen molar-refractivity contribution >= 4 is 17.8 Å². The van der Waals surface area contributed by atoms with Gasteiger partial charge in [0.2, 0.25) is 11.8 Å². The largest absolute Gasteiger partial charge is 0.458 e. The molecular weight excluding hydrogens is 350 g/mol. The molecule has 1 aromatic heterocycles. The van der Waals surface area contributed by atoms with Gasteiger partial charge >= 0.3 is 5.97 Å². The Morgan fingerprint density at radius 3 is 2.74 bits per heavy atom. The molecular formula is C19H27N3O5. The summed E-state index contributed by atoms with van der Waals surface area (Å²) in [5.41, 5.74) is 0.268. The van der Waals surface area contributed by atoms with Crippen molar-refractivity contribution in [3.8, 4) is 0 Å². The maximum Gasteiger partial charge on any atom is 0.332 e. The molecule has 1 aliphatic rings. The van der Waals surface area contributed by atoms with E-state index in [0.717, 1.165) is 5.56 Å². The number of likely N-dealkylation sites (tertiary alicyclic amines) is 1. The van der Waals surface area contributed by atoms with Gasteiger partial charge < -0.3 is 19.7 Å². The van der Waals surface area contributed by atoms with Crippen LogP contribution in [0.25, 0.3) is 0 Å². The Hall–Kier alpha value is -2.48. The van der Waals surface area contributed by atoms with Crippen LogP contribution in [0.4, 0.5) is 0 Å². The average Bonchev–Trinajstić information content (AvgIpc) is 2.89. The highest BCUT2D eigenvalue weighted by Crippen LogP contribution is 2.36. The molecule has 8 heteroatoms. The molecule has 0 spiro atoms. The van der Waals surface area contributed by atoms with Crippen LogP contribution in [0.1, 0.15) is 38.8 Å². The smallest absolute Gasteiger partial charge is 0.332 e. The molecule has 2 heterocycles. The van der Waals surface area contributed by atoms with Crippen molar-refractivity contribution in [1.29, 1.82) is 0 Å². The van der Waals surface area contributed by atoms with Crippen molar-refractivity contribution in [1.82, 2.24) is 15.2 Å². The van der Waals surface area contributed by atoms with Crippen molar-refractivity contribution in [2.75, 3.05) is 26.8 Å². The number of carbonyl (C=O) groups excluding carboxylic acids is 3. The predicted molar refractivity (Wildman–Crippen MR) is 97.5 cm³/mol. The third kappa shape index (κ3) is 6.02. The van der Waals surface area contributed by atoms with Crippen LogP contribution in [0.15, 0.2) is 24.5 Å². The first-order chi connectivity index (χ1) is 12.7. The van der Waals surface area contributed by atoms with E-state index in [1.54, 1.807) is 51.2 Å². The van der Waals surface area contributed by atoms with Gasteiger partial charge in [-0.1, -0.05) is 6.07 Å². The first-order valence-electron chi connectivity index (χ1n) is 8.92. The number of aromatic nitrogens is 1. The minimum absolute atomic E-state index is 0.0785. The minimum atomic E-state index is -0.559. The molecule has 2 atom stereocenters. The fraction of sp³-hybridized carbons (Fsp3) is 0.579. The first-order valence-corrected chi connectivity index (χ1v) is 8.92. The number of nitrogens with zero attached hydrogens (tertiary/aromatic N) is 2. The number of carbonyl (C=O) groups is 3. The number of nitrogens with one attached hydrogen (secondary N) is 1. The van der Waals surface area contributed by atoms with Gasteiger partial charge in [-0.2, -0.15) is 0 Å². The topological polar surface area (TPSA) is 97.8 Å². The first kappa shape index (κ1) is 20.8. The van der Waals surface area contributed by atoms with E-state index in [2.05, 4.69) is 10.3 Å². The van der Waals surface area contributed by atoms with Gasteiger partial charge in [0, 0.05) is 32.4 Å². The SMILES string of the molecule is CN1C(=O)C[C@H](C(=O)NCCOCC(=O)OC(C)(C)C)[C@H]1c1cccnc1. The molecule has 2 rings (SSSR count). The molecule has 2 amide bonds. The second-order valence-electron chi connectivity index (χ2n) is 7.48. The van der Waals surface area contributed by atoms with Crippen LogP contribution in [-0.4, -0.2) is 60.1 Å². The zero-order valence-electron chi connectivity index (χ0n) is 16.2.